The third kappa shape index (κ3) is 3.48. The summed E-state index contributed by atoms with van der Waals surface area (Å²) < 4.78 is 7.17. The fraction of sp³-hybridized carbons (Fsp3) is 0.217. The predicted octanol–water partition coefficient (Wildman–Crippen LogP) is 5.01. The van der Waals surface area contributed by atoms with Crippen molar-refractivity contribution in [2.45, 2.75) is 34.1 Å². The number of nitrogens with zero attached hydrogens (tertiary/aromatic N) is 4. The summed E-state index contributed by atoms with van der Waals surface area (Å²) in [5.74, 6) is 0.0439. The minimum Gasteiger partial charge on any atom is -0.356 e. The monoisotopic (exact) mass is 431 g/mol. The summed E-state index contributed by atoms with van der Waals surface area (Å²) in [6.07, 6.45) is 0.0896. The van der Waals surface area contributed by atoms with E-state index in [-0.39, 0.29) is 18.3 Å². The van der Waals surface area contributed by atoms with Crippen LogP contribution in [0, 0.1) is 27.7 Å². The number of fused-ring (bicyclic) bond motifs is 2. The van der Waals surface area contributed by atoms with Crippen LogP contribution in [0.15, 0.2) is 40.2 Å². The summed E-state index contributed by atoms with van der Waals surface area (Å²) in [5.41, 5.74) is 7.98. The number of aryl methyl sites for hydroxylation is 4. The highest BCUT2D eigenvalue weighted by molar-refractivity contribution is 7.15. The lowest BCUT2D eigenvalue weighted by atomic mass is 10.0. The molecular weight excluding hydrogens is 410 g/mol. The van der Waals surface area contributed by atoms with Crippen LogP contribution in [0.5, 0.6) is 0 Å². The van der Waals surface area contributed by atoms with Gasteiger partial charge in [-0.25, -0.2) is 4.52 Å². The Morgan fingerprint density at radius 1 is 1.10 bits per heavy atom. The van der Waals surface area contributed by atoms with Crippen molar-refractivity contribution in [2.75, 3.05) is 5.32 Å². The topological polar surface area (TPSA) is 85.3 Å². The van der Waals surface area contributed by atoms with Crippen molar-refractivity contribution < 1.29 is 9.32 Å². The third-order valence-electron chi connectivity index (χ3n) is 5.48. The lowest BCUT2D eigenvalue weighted by Gasteiger charge is -2.05. The molecule has 156 valence electrons. The van der Waals surface area contributed by atoms with Gasteiger partial charge in [-0.15, -0.1) is 16.4 Å². The van der Waals surface area contributed by atoms with Crippen LogP contribution in [-0.4, -0.2) is 25.7 Å². The number of hydrogen-bond donors (Lipinski definition) is 1. The molecule has 5 aromatic rings. The van der Waals surface area contributed by atoms with E-state index in [9.17, 15) is 4.79 Å². The fourth-order valence-corrected chi connectivity index (χ4v) is 4.54. The molecule has 1 N–H and O–H groups in total. The second kappa shape index (κ2) is 7.31. The minimum atomic E-state index is -0.236. The van der Waals surface area contributed by atoms with Crippen molar-refractivity contribution >= 4 is 39.1 Å². The van der Waals surface area contributed by atoms with Crippen LogP contribution < -0.4 is 5.32 Å². The molecule has 31 heavy (non-hydrogen) atoms. The van der Waals surface area contributed by atoms with Gasteiger partial charge in [0.15, 0.2) is 5.58 Å². The van der Waals surface area contributed by atoms with Crippen molar-refractivity contribution in [1.29, 1.82) is 0 Å². The SMILES string of the molecule is Cc1ccc(-c2csc3nc(NC(=O)Cc4noc5cc(C)c(C)cc45)nn23)c(C)c1. The number of nitrogens with one attached hydrogen (secondary N) is 1. The summed E-state index contributed by atoms with van der Waals surface area (Å²) in [6.45, 7) is 8.20. The average Bonchev–Trinajstić information content (AvgIpc) is 3.38. The van der Waals surface area contributed by atoms with E-state index in [4.69, 9.17) is 4.52 Å². The van der Waals surface area contributed by atoms with E-state index in [0.29, 0.717) is 11.3 Å². The maximum Gasteiger partial charge on any atom is 0.250 e. The van der Waals surface area contributed by atoms with Crippen LogP contribution in [0.3, 0.4) is 0 Å². The van der Waals surface area contributed by atoms with Gasteiger partial charge in [0.25, 0.3) is 0 Å². The minimum absolute atomic E-state index is 0.0896. The molecule has 0 saturated heterocycles. The van der Waals surface area contributed by atoms with Crippen molar-refractivity contribution in [1.82, 2.24) is 19.8 Å². The first kappa shape index (κ1) is 19.4. The van der Waals surface area contributed by atoms with Gasteiger partial charge in [-0.05, 0) is 56.5 Å². The number of rotatable bonds is 4. The zero-order valence-electron chi connectivity index (χ0n) is 17.7. The number of thiazole rings is 1. The number of benzene rings is 2. The van der Waals surface area contributed by atoms with Gasteiger partial charge in [-0.1, -0.05) is 28.9 Å². The van der Waals surface area contributed by atoms with Crippen LogP contribution in [-0.2, 0) is 11.2 Å². The van der Waals surface area contributed by atoms with E-state index in [1.165, 1.54) is 22.5 Å². The highest BCUT2D eigenvalue weighted by Gasteiger charge is 2.17. The lowest BCUT2D eigenvalue weighted by Crippen LogP contribution is -2.16. The van der Waals surface area contributed by atoms with E-state index in [1.54, 1.807) is 4.52 Å². The van der Waals surface area contributed by atoms with E-state index in [1.807, 2.05) is 31.4 Å². The molecule has 3 heterocycles. The van der Waals surface area contributed by atoms with Gasteiger partial charge < -0.3 is 4.52 Å². The summed E-state index contributed by atoms with van der Waals surface area (Å²) in [4.78, 5) is 17.8. The molecule has 0 radical (unpaired) electrons. The van der Waals surface area contributed by atoms with Crippen LogP contribution in [0.25, 0.3) is 27.2 Å². The Hall–Kier alpha value is -3.52. The molecule has 0 saturated carbocycles. The molecule has 0 unspecified atom stereocenters. The molecule has 8 heteroatoms. The average molecular weight is 432 g/mol. The number of aromatic nitrogens is 4. The van der Waals surface area contributed by atoms with Gasteiger partial charge in [-0.2, -0.15) is 4.98 Å². The zero-order chi connectivity index (χ0) is 21.7. The smallest absolute Gasteiger partial charge is 0.250 e. The molecule has 0 aliphatic carbocycles. The van der Waals surface area contributed by atoms with E-state index >= 15 is 0 Å². The molecular formula is C23H21N5O2S. The molecule has 0 spiro atoms. The van der Waals surface area contributed by atoms with Gasteiger partial charge in [0.1, 0.15) is 5.69 Å². The van der Waals surface area contributed by atoms with Gasteiger partial charge in [-0.3, -0.25) is 10.1 Å². The van der Waals surface area contributed by atoms with E-state index in [2.05, 4.69) is 52.6 Å². The van der Waals surface area contributed by atoms with Crippen molar-refractivity contribution in [2.24, 2.45) is 0 Å². The molecule has 1 amide bonds. The van der Waals surface area contributed by atoms with Crippen LogP contribution >= 0.6 is 11.3 Å². The standard InChI is InChI=1S/C23H21N5O2S/c1-12-5-6-16(15(4)7-12)19-11-31-23-25-22(26-28(19)23)24-21(29)10-18-17-8-13(2)14(3)9-20(17)30-27-18/h5-9,11H,10H2,1-4H3,(H,24,26,29). The molecule has 3 aromatic heterocycles. The molecule has 7 nitrogen and oxygen atoms in total. The maximum atomic E-state index is 12.6. The lowest BCUT2D eigenvalue weighted by molar-refractivity contribution is -0.115. The summed E-state index contributed by atoms with van der Waals surface area (Å²) in [5, 5.41) is 14.3. The third-order valence-corrected chi connectivity index (χ3v) is 6.30. The summed E-state index contributed by atoms with van der Waals surface area (Å²) >= 11 is 1.49. The molecule has 0 bridgehead atoms. The van der Waals surface area contributed by atoms with Crippen molar-refractivity contribution in [3.8, 4) is 11.3 Å². The summed E-state index contributed by atoms with van der Waals surface area (Å²) in [7, 11) is 0. The Bertz CT molecular complexity index is 1460. The number of hydrogen-bond acceptors (Lipinski definition) is 6. The normalized spacial score (nSPS) is 11.5. The molecule has 0 aliphatic rings. The van der Waals surface area contributed by atoms with Crippen molar-refractivity contribution in [3.63, 3.8) is 0 Å². The Kier molecular flexibility index (Phi) is 4.59. The van der Waals surface area contributed by atoms with Gasteiger partial charge in [0, 0.05) is 16.3 Å². The molecule has 0 atom stereocenters. The number of amides is 1. The second-order valence-electron chi connectivity index (χ2n) is 7.86. The Labute approximate surface area is 182 Å². The Morgan fingerprint density at radius 3 is 2.71 bits per heavy atom. The summed E-state index contributed by atoms with van der Waals surface area (Å²) in [6, 6.07) is 10.3. The second-order valence-corrected chi connectivity index (χ2v) is 8.69. The fourth-order valence-electron chi connectivity index (χ4n) is 3.71. The molecule has 5 rings (SSSR count). The van der Waals surface area contributed by atoms with E-state index < -0.39 is 0 Å². The zero-order valence-corrected chi connectivity index (χ0v) is 18.5. The Balaban J connectivity index is 1.39. The van der Waals surface area contributed by atoms with Crippen LogP contribution in [0.4, 0.5) is 5.95 Å². The highest BCUT2D eigenvalue weighted by Crippen LogP contribution is 2.29. The predicted molar refractivity (Wildman–Crippen MR) is 122 cm³/mol. The maximum absolute atomic E-state index is 12.6. The Morgan fingerprint density at radius 2 is 1.90 bits per heavy atom. The number of anilines is 1. The van der Waals surface area contributed by atoms with Crippen molar-refractivity contribution in [3.05, 3.63) is 63.7 Å². The van der Waals surface area contributed by atoms with Gasteiger partial charge >= 0.3 is 0 Å². The van der Waals surface area contributed by atoms with Gasteiger partial charge in [0.05, 0.1) is 12.1 Å². The number of carbonyl (C=O) groups excluding carboxylic acids is 1. The first-order valence-corrected chi connectivity index (χ1v) is 10.8. The molecule has 0 aliphatic heterocycles. The molecule has 2 aromatic carbocycles. The molecule has 0 fully saturated rings. The first-order chi connectivity index (χ1) is 14.9. The van der Waals surface area contributed by atoms with Gasteiger partial charge in [0.2, 0.25) is 16.8 Å². The van der Waals surface area contributed by atoms with E-state index in [0.717, 1.165) is 32.7 Å². The highest BCUT2D eigenvalue weighted by atomic mass is 32.1. The van der Waals surface area contributed by atoms with Crippen LogP contribution in [0.2, 0.25) is 0 Å². The first-order valence-electron chi connectivity index (χ1n) is 9.96. The number of carbonyl (C=O) groups is 1. The quantitative estimate of drug-likeness (QED) is 0.432. The van der Waals surface area contributed by atoms with Crippen LogP contribution in [0.1, 0.15) is 27.9 Å². The largest absolute Gasteiger partial charge is 0.356 e.